The monoisotopic (exact) mass is 154 g/mol. The van der Waals surface area contributed by atoms with Crippen LogP contribution in [0.2, 0.25) is 0 Å². The van der Waals surface area contributed by atoms with Crippen molar-refractivity contribution in [3.63, 3.8) is 0 Å². The van der Waals surface area contributed by atoms with Crippen LogP contribution in [0.5, 0.6) is 0 Å². The van der Waals surface area contributed by atoms with Gasteiger partial charge in [0, 0.05) is 0 Å². The van der Waals surface area contributed by atoms with E-state index in [-0.39, 0.29) is 0 Å². The van der Waals surface area contributed by atoms with Gasteiger partial charge in [-0.2, -0.15) is 0 Å². The molecule has 0 bridgehead atoms. The summed E-state index contributed by atoms with van der Waals surface area (Å²) in [6.07, 6.45) is 2.80. The third-order valence-electron chi connectivity index (χ3n) is 1.18. The van der Waals surface area contributed by atoms with Crippen molar-refractivity contribution < 1.29 is 4.55 Å². The van der Waals surface area contributed by atoms with Crippen molar-refractivity contribution in [2.75, 3.05) is 5.75 Å². The van der Waals surface area contributed by atoms with Gasteiger partial charge < -0.3 is 0 Å². The molecule has 0 amide bonds. The molecule has 0 aliphatic heterocycles. The van der Waals surface area contributed by atoms with E-state index in [9.17, 15) is 4.55 Å². The second-order valence-electron chi connectivity index (χ2n) is 2.74. The zero-order valence-corrected chi connectivity index (χ0v) is 7.78. The van der Waals surface area contributed by atoms with Gasteiger partial charge in [0.15, 0.2) is 0 Å². The van der Waals surface area contributed by atoms with Gasteiger partial charge in [0.2, 0.25) is 0 Å². The van der Waals surface area contributed by atoms with Gasteiger partial charge in [-0.25, -0.2) is 0 Å². The normalized spacial score (nSPS) is 13.2. The van der Waals surface area contributed by atoms with Crippen molar-refractivity contribution in [2.45, 2.75) is 20.3 Å². The average Bonchev–Trinajstić information content (AvgIpc) is 1.85. The molecule has 1 unspecified atom stereocenters. The second-order valence-corrected chi connectivity index (χ2v) is 4.18. The van der Waals surface area contributed by atoms with Gasteiger partial charge in [-0.3, -0.25) is 0 Å². The molecule has 5 heteroatoms. The molecule has 0 aromatic heterocycles. The molecular weight excluding hydrogens is 141 g/mol. The van der Waals surface area contributed by atoms with Crippen LogP contribution in [0.4, 0.5) is 0 Å². The molecule has 0 aliphatic rings. The maximum absolute atomic E-state index is 11.0. The van der Waals surface area contributed by atoms with Crippen LogP contribution < -0.4 is 0 Å². The minimum absolute atomic E-state index is 0.661. The molecule has 0 aromatic carbocycles. The Labute approximate surface area is 68.5 Å². The molecule has 0 rings (SSSR count). The molecule has 0 N–H and O–H groups in total. The molecule has 0 heterocycles. The third-order valence-corrected chi connectivity index (χ3v) is 2.40. The predicted octanol–water partition coefficient (Wildman–Crippen LogP) is -0.432. The van der Waals surface area contributed by atoms with Crippen LogP contribution in [0.3, 0.4) is 0 Å². The molecule has 1 atom stereocenters. The summed E-state index contributed by atoms with van der Waals surface area (Å²) in [6, 6.07) is 0. The number of hydrogen-bond acceptors (Lipinski definition) is 1. The van der Waals surface area contributed by atoms with Gasteiger partial charge in [0.25, 0.3) is 0 Å². The van der Waals surface area contributed by atoms with E-state index >= 15 is 0 Å². The molecule has 0 aromatic rings. The molecule has 0 aliphatic carbocycles. The summed E-state index contributed by atoms with van der Waals surface area (Å²) in [7, 11) is 1.90. The van der Waals surface area contributed by atoms with Crippen LogP contribution in [0, 0.1) is 5.92 Å². The van der Waals surface area contributed by atoms with E-state index in [4.69, 9.17) is 0 Å². The Kier molecular flexibility index (Phi) is 6.54. The third kappa shape index (κ3) is 6.62. The Morgan fingerprint density at radius 1 is 1.60 bits per heavy atom. The fourth-order valence-corrected chi connectivity index (χ4v) is 1.72. The molecule has 0 spiro atoms. The zero-order chi connectivity index (χ0) is 7.98. The van der Waals surface area contributed by atoms with Crippen molar-refractivity contribution in [1.29, 1.82) is 0 Å². The molecule has 0 radical (unpaired) electrons. The molecule has 0 saturated carbocycles. The SMILES string of the molecule is BB=B[S+]([O-])CCC(C)C. The summed E-state index contributed by atoms with van der Waals surface area (Å²) in [5, 5.41) is 0. The van der Waals surface area contributed by atoms with Crippen molar-refractivity contribution in [1.82, 2.24) is 0 Å². The zero-order valence-electron chi connectivity index (χ0n) is 6.96. The Hall–Kier alpha value is 0.505. The average molecular weight is 154 g/mol. The number of rotatable bonds is 4. The van der Waals surface area contributed by atoms with Gasteiger partial charge in [-0.15, -0.1) is 0 Å². The summed E-state index contributed by atoms with van der Waals surface area (Å²) < 4.78 is 11.0. The summed E-state index contributed by atoms with van der Waals surface area (Å²) in [4.78, 5) is 0. The van der Waals surface area contributed by atoms with E-state index < -0.39 is 11.0 Å². The molecule has 10 heavy (non-hydrogen) atoms. The van der Waals surface area contributed by atoms with Crippen molar-refractivity contribution in [2.24, 2.45) is 5.92 Å². The van der Waals surface area contributed by atoms with E-state index in [1.165, 1.54) is 0 Å². The summed E-state index contributed by atoms with van der Waals surface area (Å²) in [5.74, 6) is 1.47. The first-order valence-electron chi connectivity index (χ1n) is 3.66. The fourth-order valence-electron chi connectivity index (χ4n) is 0.572. The molecule has 0 fully saturated rings. The van der Waals surface area contributed by atoms with E-state index in [0.717, 1.165) is 12.2 Å². The summed E-state index contributed by atoms with van der Waals surface area (Å²) in [6.45, 7) is 6.14. The minimum atomic E-state index is -0.721. The van der Waals surface area contributed by atoms with Crippen molar-refractivity contribution >= 4 is 31.5 Å². The van der Waals surface area contributed by atoms with Crippen LogP contribution in [0.15, 0.2) is 0 Å². The van der Waals surface area contributed by atoms with E-state index in [1.54, 1.807) is 6.08 Å². The molecule has 54 valence electrons. The Morgan fingerprint density at radius 2 is 2.20 bits per heavy atom. The van der Waals surface area contributed by atoms with Crippen LogP contribution in [0.25, 0.3) is 0 Å². The quantitative estimate of drug-likeness (QED) is 0.397. The first-order chi connectivity index (χ1) is 4.66. The van der Waals surface area contributed by atoms with Gasteiger partial charge in [-0.05, 0) is 0 Å². The summed E-state index contributed by atoms with van der Waals surface area (Å²) >= 11 is -0.721. The molecule has 1 nitrogen and oxygen atoms in total. The Balaban J connectivity index is 3.30. The van der Waals surface area contributed by atoms with Crippen molar-refractivity contribution in [3.05, 3.63) is 0 Å². The predicted molar refractivity (Wildman–Crippen MR) is 52.5 cm³/mol. The van der Waals surface area contributed by atoms with Crippen LogP contribution in [0.1, 0.15) is 20.3 Å². The Morgan fingerprint density at radius 3 is 2.60 bits per heavy atom. The molecule has 0 saturated heterocycles. The van der Waals surface area contributed by atoms with Gasteiger partial charge in [0.05, 0.1) is 0 Å². The maximum atomic E-state index is 11.0. The van der Waals surface area contributed by atoms with E-state index in [0.29, 0.717) is 5.92 Å². The Bertz CT molecular complexity index is 107. The number of hydrogen-bond donors (Lipinski definition) is 0. The standard InChI is InChI=1S/C5H13B3OS/c1-5(2)3-4-10(9)8-7-6/h5H,3-4,6H2,1-2H3. The topological polar surface area (TPSA) is 23.1 Å². The fraction of sp³-hybridized carbons (Fsp3) is 1.00. The van der Waals surface area contributed by atoms with Crippen LogP contribution in [-0.4, -0.2) is 30.8 Å². The van der Waals surface area contributed by atoms with E-state index in [1.807, 2.05) is 14.4 Å². The second kappa shape index (κ2) is 6.23. The van der Waals surface area contributed by atoms with Crippen LogP contribution in [-0.2, 0) is 11.0 Å². The summed E-state index contributed by atoms with van der Waals surface area (Å²) in [5.41, 5.74) is 0. The first kappa shape index (κ1) is 10.5. The van der Waals surface area contributed by atoms with Gasteiger partial charge in [0.1, 0.15) is 0 Å². The van der Waals surface area contributed by atoms with Crippen molar-refractivity contribution in [3.8, 4) is 0 Å². The first-order valence-corrected chi connectivity index (χ1v) is 5.05. The molecular formula is C5H13B3OS. The van der Waals surface area contributed by atoms with Gasteiger partial charge >= 0.3 is 68.0 Å². The van der Waals surface area contributed by atoms with Gasteiger partial charge in [-0.1, -0.05) is 0 Å². The van der Waals surface area contributed by atoms with E-state index in [2.05, 4.69) is 13.8 Å². The van der Waals surface area contributed by atoms with Crippen LogP contribution >= 0.6 is 0 Å².